The molecule has 1 aliphatic heterocycles. The standard InChI is InChI=1S/C22H32N6O2/c1-14-12-15(2)28(26-14)11-5-9-25-22(23-3)24-8-4-10-27-20(29)18-16-6-7-17(13-16)19(18)21(27)30/h6-7,12,16-19H,4-5,8-11,13H2,1-3H3,(H2,23,24,25). The minimum Gasteiger partial charge on any atom is -0.356 e. The second kappa shape index (κ2) is 8.62. The van der Waals surface area contributed by atoms with E-state index in [9.17, 15) is 9.59 Å². The molecule has 0 aromatic carbocycles. The van der Waals surface area contributed by atoms with Gasteiger partial charge in [-0.25, -0.2) is 0 Å². The summed E-state index contributed by atoms with van der Waals surface area (Å²) in [5.74, 6) is 1.16. The Morgan fingerprint density at radius 2 is 1.67 bits per heavy atom. The summed E-state index contributed by atoms with van der Waals surface area (Å²) in [5, 5.41) is 11.0. The highest BCUT2D eigenvalue weighted by Gasteiger charge is 2.58. The third kappa shape index (κ3) is 3.87. The molecule has 2 bridgehead atoms. The van der Waals surface area contributed by atoms with Crippen molar-refractivity contribution in [1.82, 2.24) is 25.3 Å². The maximum Gasteiger partial charge on any atom is 0.233 e. The van der Waals surface area contributed by atoms with Gasteiger partial charge in [-0.15, -0.1) is 0 Å². The third-order valence-electron chi connectivity index (χ3n) is 6.58. The first-order chi connectivity index (χ1) is 14.5. The Morgan fingerprint density at radius 1 is 1.07 bits per heavy atom. The van der Waals surface area contributed by atoms with E-state index in [-0.39, 0.29) is 35.5 Å². The zero-order valence-electron chi connectivity index (χ0n) is 18.1. The molecule has 0 spiro atoms. The molecular weight excluding hydrogens is 380 g/mol. The van der Waals surface area contributed by atoms with Crippen molar-refractivity contribution in [3.63, 3.8) is 0 Å². The minimum atomic E-state index is -0.0999. The van der Waals surface area contributed by atoms with E-state index in [2.05, 4.69) is 45.9 Å². The Morgan fingerprint density at radius 3 is 2.20 bits per heavy atom. The summed E-state index contributed by atoms with van der Waals surface area (Å²) in [4.78, 5) is 31.1. The summed E-state index contributed by atoms with van der Waals surface area (Å²) in [6, 6.07) is 2.08. The van der Waals surface area contributed by atoms with Gasteiger partial charge < -0.3 is 10.6 Å². The number of allylic oxidation sites excluding steroid dienone is 2. The molecule has 1 aromatic rings. The number of rotatable bonds is 8. The number of aliphatic imine (C=N–C) groups is 1. The number of hydrogen-bond donors (Lipinski definition) is 2. The van der Waals surface area contributed by atoms with Crippen LogP contribution in [0, 0.1) is 37.5 Å². The molecule has 2 amide bonds. The molecule has 4 atom stereocenters. The van der Waals surface area contributed by atoms with Gasteiger partial charge in [0.25, 0.3) is 0 Å². The molecule has 2 heterocycles. The number of nitrogens with zero attached hydrogens (tertiary/aromatic N) is 4. The highest BCUT2D eigenvalue weighted by molar-refractivity contribution is 6.06. The SMILES string of the molecule is CN=C(NCCCN1C(=O)C2C3C=CC(C3)C2C1=O)NCCCn1nc(C)cc1C. The van der Waals surface area contributed by atoms with Crippen LogP contribution < -0.4 is 10.6 Å². The van der Waals surface area contributed by atoms with Crippen LogP contribution in [0.2, 0.25) is 0 Å². The topological polar surface area (TPSA) is 91.6 Å². The molecule has 2 fully saturated rings. The third-order valence-corrected chi connectivity index (χ3v) is 6.58. The lowest BCUT2D eigenvalue weighted by atomic mass is 9.85. The van der Waals surface area contributed by atoms with E-state index in [1.54, 1.807) is 7.05 Å². The lowest BCUT2D eigenvalue weighted by Gasteiger charge is -2.18. The van der Waals surface area contributed by atoms with Gasteiger partial charge in [-0.05, 0) is 51.0 Å². The Bertz CT molecular complexity index is 843. The van der Waals surface area contributed by atoms with Crippen molar-refractivity contribution >= 4 is 17.8 Å². The molecular formula is C22H32N6O2. The monoisotopic (exact) mass is 412 g/mol. The molecule has 162 valence electrons. The van der Waals surface area contributed by atoms with Gasteiger partial charge in [0.15, 0.2) is 5.96 Å². The van der Waals surface area contributed by atoms with Gasteiger partial charge >= 0.3 is 0 Å². The average molecular weight is 413 g/mol. The van der Waals surface area contributed by atoms with Crippen molar-refractivity contribution in [3.8, 4) is 0 Å². The summed E-state index contributed by atoms with van der Waals surface area (Å²) < 4.78 is 2.02. The summed E-state index contributed by atoms with van der Waals surface area (Å²) in [7, 11) is 1.74. The normalized spacial score (nSPS) is 27.3. The number of carbonyl (C=O) groups excluding carboxylic acids is 2. The highest BCUT2D eigenvalue weighted by Crippen LogP contribution is 2.52. The van der Waals surface area contributed by atoms with Crippen molar-refractivity contribution in [1.29, 1.82) is 0 Å². The Kier molecular flexibility index (Phi) is 5.92. The first kappa shape index (κ1) is 20.6. The maximum absolute atomic E-state index is 12.7. The van der Waals surface area contributed by atoms with Gasteiger partial charge in [0.2, 0.25) is 11.8 Å². The maximum atomic E-state index is 12.7. The van der Waals surface area contributed by atoms with Crippen LogP contribution in [0.4, 0.5) is 0 Å². The van der Waals surface area contributed by atoms with E-state index in [1.165, 1.54) is 10.6 Å². The van der Waals surface area contributed by atoms with E-state index in [0.29, 0.717) is 19.5 Å². The fourth-order valence-corrected chi connectivity index (χ4v) is 5.19. The minimum absolute atomic E-state index is 0.0357. The Hall–Kier alpha value is -2.64. The Labute approximate surface area is 177 Å². The molecule has 8 heteroatoms. The van der Waals surface area contributed by atoms with Crippen molar-refractivity contribution in [2.75, 3.05) is 26.7 Å². The number of carbonyl (C=O) groups is 2. The van der Waals surface area contributed by atoms with E-state index < -0.39 is 0 Å². The summed E-state index contributed by atoms with van der Waals surface area (Å²) in [6.07, 6.45) is 6.90. The average Bonchev–Trinajstić information content (AvgIpc) is 3.46. The van der Waals surface area contributed by atoms with Crippen LogP contribution in [0.3, 0.4) is 0 Å². The molecule has 4 rings (SSSR count). The fraction of sp³-hybridized carbons (Fsp3) is 0.636. The van der Waals surface area contributed by atoms with Crippen molar-refractivity contribution in [2.45, 2.75) is 39.7 Å². The quantitative estimate of drug-likeness (QED) is 0.220. The molecule has 1 saturated carbocycles. The fourth-order valence-electron chi connectivity index (χ4n) is 5.19. The van der Waals surface area contributed by atoms with Crippen LogP contribution in [-0.4, -0.2) is 59.1 Å². The van der Waals surface area contributed by atoms with Crippen LogP contribution in [-0.2, 0) is 16.1 Å². The highest BCUT2D eigenvalue weighted by atomic mass is 16.2. The Balaban J connectivity index is 1.15. The molecule has 30 heavy (non-hydrogen) atoms. The van der Waals surface area contributed by atoms with Crippen LogP contribution in [0.5, 0.6) is 0 Å². The van der Waals surface area contributed by atoms with Crippen molar-refractivity contribution < 1.29 is 9.59 Å². The second-order valence-electron chi connectivity index (χ2n) is 8.61. The van der Waals surface area contributed by atoms with Gasteiger partial charge in [-0.2, -0.15) is 5.10 Å². The zero-order valence-corrected chi connectivity index (χ0v) is 18.1. The molecule has 3 aliphatic rings. The van der Waals surface area contributed by atoms with Gasteiger partial charge in [0.1, 0.15) is 0 Å². The van der Waals surface area contributed by atoms with Gasteiger partial charge in [-0.3, -0.25) is 24.2 Å². The summed E-state index contributed by atoms with van der Waals surface area (Å²) >= 11 is 0. The van der Waals surface area contributed by atoms with Gasteiger partial charge in [-0.1, -0.05) is 12.2 Å². The van der Waals surface area contributed by atoms with E-state index in [0.717, 1.165) is 37.6 Å². The van der Waals surface area contributed by atoms with Crippen molar-refractivity contribution in [2.24, 2.45) is 28.7 Å². The zero-order chi connectivity index (χ0) is 21.3. The van der Waals surface area contributed by atoms with E-state index in [1.807, 2.05) is 11.6 Å². The largest absolute Gasteiger partial charge is 0.356 e. The lowest BCUT2D eigenvalue weighted by molar-refractivity contribution is -0.140. The number of amides is 2. The predicted molar refractivity (Wildman–Crippen MR) is 115 cm³/mol. The van der Waals surface area contributed by atoms with E-state index in [4.69, 9.17) is 0 Å². The molecule has 2 N–H and O–H groups in total. The number of nitrogens with one attached hydrogen (secondary N) is 2. The number of guanidine groups is 1. The molecule has 0 radical (unpaired) electrons. The first-order valence-corrected chi connectivity index (χ1v) is 11.0. The van der Waals surface area contributed by atoms with Gasteiger partial charge in [0, 0.05) is 38.9 Å². The van der Waals surface area contributed by atoms with Crippen LogP contribution in [0.1, 0.15) is 30.7 Å². The van der Waals surface area contributed by atoms with E-state index >= 15 is 0 Å². The lowest BCUT2D eigenvalue weighted by Crippen LogP contribution is -2.40. The number of hydrogen-bond acceptors (Lipinski definition) is 4. The number of fused-ring (bicyclic) bond motifs is 5. The number of aromatic nitrogens is 2. The molecule has 1 aromatic heterocycles. The number of likely N-dealkylation sites (tertiary alicyclic amines) is 1. The second-order valence-corrected chi connectivity index (χ2v) is 8.61. The summed E-state index contributed by atoms with van der Waals surface area (Å²) in [6.45, 7) is 6.87. The number of aryl methyl sites for hydroxylation is 3. The molecule has 8 nitrogen and oxygen atoms in total. The molecule has 4 unspecified atom stereocenters. The van der Waals surface area contributed by atoms with Crippen molar-refractivity contribution in [3.05, 3.63) is 29.6 Å². The molecule has 1 saturated heterocycles. The number of imide groups is 1. The molecule has 2 aliphatic carbocycles. The van der Waals surface area contributed by atoms with Crippen LogP contribution in [0.15, 0.2) is 23.2 Å². The van der Waals surface area contributed by atoms with Crippen LogP contribution in [0.25, 0.3) is 0 Å². The summed E-state index contributed by atoms with van der Waals surface area (Å²) in [5.41, 5.74) is 2.22. The van der Waals surface area contributed by atoms with Crippen LogP contribution >= 0.6 is 0 Å². The first-order valence-electron chi connectivity index (χ1n) is 11.0. The smallest absolute Gasteiger partial charge is 0.233 e. The predicted octanol–water partition coefficient (Wildman–Crippen LogP) is 1.25. The van der Waals surface area contributed by atoms with Gasteiger partial charge in [0.05, 0.1) is 17.5 Å².